The zero-order valence-electron chi connectivity index (χ0n) is 12.3. The summed E-state index contributed by atoms with van der Waals surface area (Å²) in [6.45, 7) is 6.19. The third-order valence-electron chi connectivity index (χ3n) is 2.72. The number of amides is 1. The van der Waals surface area contributed by atoms with Crippen LogP contribution in [0.3, 0.4) is 0 Å². The Balaban J connectivity index is 2.41. The number of hydrogen-bond acceptors (Lipinski definition) is 4. The van der Waals surface area contributed by atoms with Crippen LogP contribution in [0.1, 0.15) is 26.3 Å². The van der Waals surface area contributed by atoms with Crippen LogP contribution in [0.25, 0.3) is 0 Å². The molecule has 1 aromatic carbocycles. The van der Waals surface area contributed by atoms with Gasteiger partial charge in [0.1, 0.15) is 6.61 Å². The van der Waals surface area contributed by atoms with Crippen LogP contribution in [-0.4, -0.2) is 30.4 Å². The minimum Gasteiger partial charge on any atom is -0.375 e. The zero-order valence-corrected chi connectivity index (χ0v) is 12.3. The third kappa shape index (κ3) is 6.14. The molecule has 0 fully saturated rings. The van der Waals surface area contributed by atoms with Crippen molar-refractivity contribution in [1.82, 2.24) is 5.32 Å². The fraction of sp³-hybridized carbons (Fsp3) is 0.533. The Morgan fingerprint density at radius 1 is 1.25 bits per heavy atom. The number of carbonyl (C=O) groups excluding carboxylic acids is 1. The lowest BCUT2D eigenvalue weighted by Crippen LogP contribution is -2.46. The van der Waals surface area contributed by atoms with E-state index in [1.165, 1.54) is 0 Å². The molecular weight excluding hydrogens is 258 g/mol. The molecule has 1 atom stereocenters. The largest absolute Gasteiger partial charge is 0.375 e. The van der Waals surface area contributed by atoms with Crippen molar-refractivity contribution in [2.75, 3.05) is 13.2 Å². The summed E-state index contributed by atoms with van der Waals surface area (Å²) in [7, 11) is 0. The van der Waals surface area contributed by atoms with E-state index in [1.807, 2.05) is 51.1 Å². The number of rotatable bonds is 7. The predicted octanol–water partition coefficient (Wildman–Crippen LogP) is 2.22. The van der Waals surface area contributed by atoms with Gasteiger partial charge >= 0.3 is 0 Å². The highest BCUT2D eigenvalue weighted by molar-refractivity contribution is 5.81. The second kappa shape index (κ2) is 7.99. The van der Waals surface area contributed by atoms with Crippen LogP contribution in [-0.2, 0) is 21.0 Å². The Labute approximate surface area is 119 Å². The number of nitrogens with one attached hydrogen (secondary N) is 1. The lowest BCUT2D eigenvalue weighted by Gasteiger charge is -2.23. The molecule has 0 saturated carbocycles. The van der Waals surface area contributed by atoms with Gasteiger partial charge in [0.25, 0.3) is 0 Å². The van der Waals surface area contributed by atoms with E-state index in [4.69, 9.17) is 9.99 Å². The maximum Gasteiger partial charge on any atom is 0.225 e. The summed E-state index contributed by atoms with van der Waals surface area (Å²) in [5.74, 6) is -0.108. The van der Waals surface area contributed by atoms with E-state index >= 15 is 0 Å². The molecule has 1 aromatic rings. The van der Waals surface area contributed by atoms with Gasteiger partial charge < -0.3 is 10.1 Å². The average Bonchev–Trinajstić information content (AvgIpc) is 2.39. The molecule has 0 aliphatic heterocycles. The van der Waals surface area contributed by atoms with Gasteiger partial charge in [0.05, 0.1) is 19.3 Å². The fourth-order valence-electron chi connectivity index (χ4n) is 1.52. The van der Waals surface area contributed by atoms with Gasteiger partial charge in [-0.2, -0.15) is 0 Å². The van der Waals surface area contributed by atoms with Gasteiger partial charge in [-0.05, 0) is 5.56 Å². The zero-order chi connectivity index (χ0) is 15.0. The van der Waals surface area contributed by atoms with Crippen LogP contribution in [0.2, 0.25) is 0 Å². The summed E-state index contributed by atoms with van der Waals surface area (Å²) in [6.07, 6.45) is 0. The molecule has 0 aliphatic rings. The SMILES string of the molecule is CC(C)(C)C(=O)N[C@@H](COO)COCc1ccccc1. The van der Waals surface area contributed by atoms with Crippen LogP contribution >= 0.6 is 0 Å². The van der Waals surface area contributed by atoms with Crippen molar-refractivity contribution in [3.63, 3.8) is 0 Å². The van der Waals surface area contributed by atoms with E-state index in [0.717, 1.165) is 5.56 Å². The summed E-state index contributed by atoms with van der Waals surface area (Å²) in [4.78, 5) is 16.0. The summed E-state index contributed by atoms with van der Waals surface area (Å²) in [5, 5.41) is 11.4. The lowest BCUT2D eigenvalue weighted by atomic mass is 9.95. The maximum absolute atomic E-state index is 11.9. The Kier molecular flexibility index (Phi) is 6.64. The minimum atomic E-state index is -0.493. The van der Waals surface area contributed by atoms with Crippen molar-refractivity contribution in [2.24, 2.45) is 5.41 Å². The molecule has 20 heavy (non-hydrogen) atoms. The van der Waals surface area contributed by atoms with E-state index in [0.29, 0.717) is 6.61 Å². The summed E-state index contributed by atoms with van der Waals surface area (Å²) >= 11 is 0. The van der Waals surface area contributed by atoms with Gasteiger partial charge in [-0.3, -0.25) is 10.1 Å². The highest BCUT2D eigenvalue weighted by Gasteiger charge is 2.24. The van der Waals surface area contributed by atoms with Crippen LogP contribution < -0.4 is 5.32 Å². The first-order valence-electron chi connectivity index (χ1n) is 6.62. The van der Waals surface area contributed by atoms with E-state index in [9.17, 15) is 4.79 Å². The Hall–Kier alpha value is -1.43. The summed E-state index contributed by atoms with van der Waals surface area (Å²) in [6, 6.07) is 9.37. The average molecular weight is 281 g/mol. The van der Waals surface area contributed by atoms with Gasteiger partial charge in [-0.15, -0.1) is 0 Å². The van der Waals surface area contributed by atoms with E-state index < -0.39 is 5.41 Å². The topological polar surface area (TPSA) is 67.8 Å². The van der Waals surface area contributed by atoms with Crippen molar-refractivity contribution < 1.29 is 19.7 Å². The van der Waals surface area contributed by atoms with Gasteiger partial charge in [0.15, 0.2) is 0 Å². The molecule has 0 saturated heterocycles. The van der Waals surface area contributed by atoms with E-state index in [2.05, 4.69) is 10.2 Å². The Morgan fingerprint density at radius 3 is 2.45 bits per heavy atom. The highest BCUT2D eigenvalue weighted by atomic mass is 17.1. The third-order valence-corrected chi connectivity index (χ3v) is 2.72. The molecule has 0 radical (unpaired) electrons. The number of benzene rings is 1. The van der Waals surface area contributed by atoms with Gasteiger partial charge in [0, 0.05) is 5.41 Å². The van der Waals surface area contributed by atoms with Crippen LogP contribution in [0.4, 0.5) is 0 Å². The maximum atomic E-state index is 11.9. The molecule has 112 valence electrons. The predicted molar refractivity (Wildman–Crippen MR) is 76.1 cm³/mol. The van der Waals surface area contributed by atoms with Crippen molar-refractivity contribution in [3.05, 3.63) is 35.9 Å². The second-order valence-electron chi connectivity index (χ2n) is 5.72. The molecule has 5 heteroatoms. The molecule has 0 spiro atoms. The van der Waals surface area contributed by atoms with Crippen molar-refractivity contribution in [1.29, 1.82) is 0 Å². The monoisotopic (exact) mass is 281 g/mol. The van der Waals surface area contributed by atoms with Crippen molar-refractivity contribution in [3.8, 4) is 0 Å². The molecule has 0 aromatic heterocycles. The molecule has 0 heterocycles. The fourth-order valence-corrected chi connectivity index (χ4v) is 1.52. The Bertz CT molecular complexity index is 400. The van der Waals surface area contributed by atoms with E-state index in [-0.39, 0.29) is 25.2 Å². The number of carbonyl (C=O) groups is 1. The quantitative estimate of drug-likeness (QED) is 0.594. The number of hydrogen-bond donors (Lipinski definition) is 2. The Morgan fingerprint density at radius 2 is 1.90 bits per heavy atom. The van der Waals surface area contributed by atoms with Crippen LogP contribution in [0, 0.1) is 5.41 Å². The molecule has 0 unspecified atom stereocenters. The number of ether oxygens (including phenoxy) is 1. The van der Waals surface area contributed by atoms with E-state index in [1.54, 1.807) is 0 Å². The second-order valence-corrected chi connectivity index (χ2v) is 5.72. The van der Waals surface area contributed by atoms with Crippen LogP contribution in [0.5, 0.6) is 0 Å². The molecule has 5 nitrogen and oxygen atoms in total. The molecule has 0 aliphatic carbocycles. The normalized spacial score (nSPS) is 13.0. The smallest absolute Gasteiger partial charge is 0.225 e. The van der Waals surface area contributed by atoms with Crippen molar-refractivity contribution >= 4 is 5.91 Å². The first-order chi connectivity index (χ1) is 9.43. The van der Waals surface area contributed by atoms with Gasteiger partial charge in [0.2, 0.25) is 5.91 Å². The molecule has 1 rings (SSSR count). The standard InChI is InChI=1S/C15H23NO4/c1-15(2,3)14(17)16-13(11-20-18)10-19-9-12-7-5-4-6-8-12/h4-8,13,18H,9-11H2,1-3H3,(H,16,17)/t13-/m1/s1. The van der Waals surface area contributed by atoms with Gasteiger partial charge in [-0.25, -0.2) is 4.89 Å². The summed E-state index contributed by atoms with van der Waals surface area (Å²) in [5.41, 5.74) is 0.561. The molecule has 0 bridgehead atoms. The molecule has 2 N–H and O–H groups in total. The van der Waals surface area contributed by atoms with Gasteiger partial charge in [-0.1, -0.05) is 51.1 Å². The van der Waals surface area contributed by atoms with Crippen molar-refractivity contribution in [2.45, 2.75) is 33.4 Å². The van der Waals surface area contributed by atoms with Crippen LogP contribution in [0.15, 0.2) is 30.3 Å². The molecular formula is C15H23NO4. The highest BCUT2D eigenvalue weighted by Crippen LogP contribution is 2.13. The first kappa shape index (κ1) is 16.6. The lowest BCUT2D eigenvalue weighted by molar-refractivity contribution is -0.248. The summed E-state index contributed by atoms with van der Waals surface area (Å²) < 4.78 is 5.54. The first-order valence-corrected chi connectivity index (χ1v) is 6.62. The minimum absolute atomic E-state index is 0.00336. The molecule has 1 amide bonds.